The van der Waals surface area contributed by atoms with Crippen molar-refractivity contribution in [2.45, 2.75) is 43.9 Å². The molecule has 1 aliphatic carbocycles. The molecule has 1 saturated carbocycles. The first-order chi connectivity index (χ1) is 12.8. The molecule has 2 aromatic carbocycles. The molecule has 2 aliphatic rings. The van der Waals surface area contributed by atoms with Crippen LogP contribution in [0.25, 0.3) is 0 Å². The number of rotatable bonds is 4. The predicted molar refractivity (Wildman–Crippen MR) is 97.0 cm³/mol. The molecule has 1 saturated heterocycles. The van der Waals surface area contributed by atoms with Gasteiger partial charge in [0.05, 0.1) is 12.0 Å². The van der Waals surface area contributed by atoms with Crippen molar-refractivity contribution in [3.05, 3.63) is 71.8 Å². The first kappa shape index (κ1) is 17.2. The van der Waals surface area contributed by atoms with Crippen LogP contribution in [-0.2, 0) is 9.63 Å². The van der Waals surface area contributed by atoms with E-state index in [2.05, 4.69) is 24.3 Å². The second-order valence-electron chi connectivity index (χ2n) is 7.11. The first-order valence-corrected chi connectivity index (χ1v) is 9.27. The average Bonchev–Trinajstić information content (AvgIpc) is 3.35. The third kappa shape index (κ3) is 3.26. The zero-order valence-electron chi connectivity index (χ0n) is 14.6. The fourth-order valence-corrected chi connectivity index (χ4v) is 4.34. The molecule has 1 aliphatic heterocycles. The highest BCUT2D eigenvalue weighted by atomic mass is 16.7. The Hall–Kier alpha value is -2.21. The lowest BCUT2D eigenvalue weighted by Gasteiger charge is -2.32. The normalized spacial score (nSPS) is 29.0. The van der Waals surface area contributed by atoms with Gasteiger partial charge in [0.2, 0.25) is 5.91 Å². The largest absolute Gasteiger partial charge is 0.290 e. The minimum absolute atomic E-state index is 0.0268. The third-order valence-electron chi connectivity index (χ3n) is 5.60. The number of nitrogens with one attached hydrogen (secondary N) is 1. The van der Waals surface area contributed by atoms with Crippen molar-refractivity contribution >= 4 is 5.91 Å². The van der Waals surface area contributed by atoms with Crippen molar-refractivity contribution in [3.8, 4) is 0 Å². The molecule has 26 heavy (non-hydrogen) atoms. The van der Waals surface area contributed by atoms with Crippen molar-refractivity contribution in [3.63, 3.8) is 0 Å². The summed E-state index contributed by atoms with van der Waals surface area (Å²) >= 11 is 0. The second-order valence-corrected chi connectivity index (χ2v) is 7.11. The van der Waals surface area contributed by atoms with Gasteiger partial charge in [-0.2, -0.15) is 5.06 Å². The van der Waals surface area contributed by atoms with Crippen LogP contribution >= 0.6 is 0 Å². The molecule has 5 heteroatoms. The molecule has 0 spiro atoms. The topological polar surface area (TPSA) is 61.8 Å². The fourth-order valence-electron chi connectivity index (χ4n) is 4.34. The highest BCUT2D eigenvalue weighted by molar-refractivity contribution is 5.78. The van der Waals surface area contributed by atoms with Crippen molar-refractivity contribution in [1.29, 1.82) is 0 Å². The summed E-state index contributed by atoms with van der Waals surface area (Å²) in [6.45, 7) is 0. The average molecular weight is 352 g/mol. The van der Waals surface area contributed by atoms with Gasteiger partial charge in [-0.3, -0.25) is 14.8 Å². The Morgan fingerprint density at radius 3 is 2.31 bits per heavy atom. The van der Waals surface area contributed by atoms with Gasteiger partial charge in [0.1, 0.15) is 6.10 Å². The number of carbonyl (C=O) groups is 1. The summed E-state index contributed by atoms with van der Waals surface area (Å²) in [4.78, 5) is 18.5. The number of nitrogens with zero attached hydrogens (tertiary/aromatic N) is 1. The predicted octanol–water partition coefficient (Wildman–Crippen LogP) is 3.78. The maximum absolute atomic E-state index is 12.1. The minimum atomic E-state index is -0.314. The quantitative estimate of drug-likeness (QED) is 0.649. The number of hydrogen-bond acceptors (Lipinski definition) is 4. The minimum Gasteiger partial charge on any atom is -0.290 e. The summed E-state index contributed by atoms with van der Waals surface area (Å²) < 4.78 is 0. The monoisotopic (exact) mass is 352 g/mol. The Morgan fingerprint density at radius 1 is 1.00 bits per heavy atom. The van der Waals surface area contributed by atoms with E-state index in [0.717, 1.165) is 31.2 Å². The van der Waals surface area contributed by atoms with Crippen molar-refractivity contribution in [2.24, 2.45) is 5.92 Å². The summed E-state index contributed by atoms with van der Waals surface area (Å²) in [7, 11) is 0. The van der Waals surface area contributed by atoms with E-state index in [-0.39, 0.29) is 30.0 Å². The van der Waals surface area contributed by atoms with E-state index in [1.807, 2.05) is 46.9 Å². The summed E-state index contributed by atoms with van der Waals surface area (Å²) in [6, 6.07) is 20.6. The van der Waals surface area contributed by atoms with Crippen molar-refractivity contribution in [1.82, 2.24) is 10.5 Å². The molecule has 4 rings (SSSR count). The Kier molecular flexibility index (Phi) is 5.02. The zero-order chi connectivity index (χ0) is 17.9. The number of amides is 1. The summed E-state index contributed by atoms with van der Waals surface area (Å²) in [6.07, 6.45) is 3.44. The number of hydroxylamine groups is 3. The van der Waals surface area contributed by atoms with Crippen LogP contribution < -0.4 is 5.48 Å². The standard InChI is InChI=1S/C21H24N2O3/c24-21(22-25)17-12-7-13-18(17)23-19(15-8-3-1-4-9-15)14-20(26-23)16-10-5-2-6-11-16/h1-6,8-11,17-20,25H,7,12-14H2,(H,22,24)/t17-,18+,19?,20?/m0/s1. The van der Waals surface area contributed by atoms with Crippen LogP contribution in [0.4, 0.5) is 0 Å². The highest BCUT2D eigenvalue weighted by Gasteiger charge is 2.45. The van der Waals surface area contributed by atoms with Crippen LogP contribution in [0.5, 0.6) is 0 Å². The van der Waals surface area contributed by atoms with Crippen LogP contribution in [-0.4, -0.2) is 22.2 Å². The second kappa shape index (κ2) is 7.58. The van der Waals surface area contributed by atoms with E-state index in [9.17, 15) is 4.79 Å². The molecular weight excluding hydrogens is 328 g/mol. The van der Waals surface area contributed by atoms with Crippen LogP contribution in [0.15, 0.2) is 60.7 Å². The maximum Gasteiger partial charge on any atom is 0.248 e. The van der Waals surface area contributed by atoms with Gasteiger partial charge in [-0.25, -0.2) is 5.48 Å². The number of benzene rings is 2. The molecule has 1 heterocycles. The molecule has 2 N–H and O–H groups in total. The van der Waals surface area contributed by atoms with Gasteiger partial charge in [-0.1, -0.05) is 67.1 Å². The van der Waals surface area contributed by atoms with E-state index < -0.39 is 0 Å². The lowest BCUT2D eigenvalue weighted by molar-refractivity contribution is -0.201. The Morgan fingerprint density at radius 2 is 1.65 bits per heavy atom. The summed E-state index contributed by atoms with van der Waals surface area (Å²) in [5.41, 5.74) is 4.18. The lowest BCUT2D eigenvalue weighted by Crippen LogP contribution is -2.42. The molecule has 0 bridgehead atoms. The Bertz CT molecular complexity index is 737. The van der Waals surface area contributed by atoms with Gasteiger partial charge < -0.3 is 0 Å². The Labute approximate surface area is 153 Å². The molecule has 2 unspecified atom stereocenters. The molecule has 0 aromatic heterocycles. The SMILES string of the molecule is O=C(NO)[C@H]1CCC[C@H]1N1OC(c2ccccc2)CC1c1ccccc1. The van der Waals surface area contributed by atoms with E-state index in [0.29, 0.717) is 0 Å². The van der Waals surface area contributed by atoms with Gasteiger partial charge in [0.25, 0.3) is 0 Å². The van der Waals surface area contributed by atoms with E-state index in [4.69, 9.17) is 10.0 Å². The summed E-state index contributed by atoms with van der Waals surface area (Å²) in [5.74, 6) is -0.563. The zero-order valence-corrected chi connectivity index (χ0v) is 14.6. The highest BCUT2D eigenvalue weighted by Crippen LogP contribution is 2.46. The number of carbonyl (C=O) groups excluding carboxylic acids is 1. The van der Waals surface area contributed by atoms with Gasteiger partial charge >= 0.3 is 0 Å². The van der Waals surface area contributed by atoms with Gasteiger partial charge in [0, 0.05) is 12.5 Å². The van der Waals surface area contributed by atoms with Gasteiger partial charge in [-0.05, 0) is 24.0 Å². The smallest absolute Gasteiger partial charge is 0.248 e. The third-order valence-corrected chi connectivity index (χ3v) is 5.60. The molecule has 5 nitrogen and oxygen atoms in total. The van der Waals surface area contributed by atoms with Gasteiger partial charge in [-0.15, -0.1) is 0 Å². The molecular formula is C21H24N2O3. The maximum atomic E-state index is 12.1. The van der Waals surface area contributed by atoms with Crippen molar-refractivity contribution < 1.29 is 14.8 Å². The van der Waals surface area contributed by atoms with Crippen LogP contribution in [0.3, 0.4) is 0 Å². The summed E-state index contributed by atoms with van der Waals surface area (Å²) in [5, 5.41) is 11.1. The molecule has 136 valence electrons. The lowest BCUT2D eigenvalue weighted by atomic mass is 9.95. The van der Waals surface area contributed by atoms with E-state index >= 15 is 0 Å². The molecule has 2 aromatic rings. The first-order valence-electron chi connectivity index (χ1n) is 9.27. The Balaban J connectivity index is 1.64. The van der Waals surface area contributed by atoms with Crippen LogP contribution in [0, 0.1) is 5.92 Å². The van der Waals surface area contributed by atoms with Crippen molar-refractivity contribution in [2.75, 3.05) is 0 Å². The van der Waals surface area contributed by atoms with Crippen LogP contribution in [0.2, 0.25) is 0 Å². The van der Waals surface area contributed by atoms with E-state index in [1.54, 1.807) is 0 Å². The fraction of sp³-hybridized carbons (Fsp3) is 0.381. The molecule has 1 amide bonds. The van der Waals surface area contributed by atoms with Crippen LogP contribution in [0.1, 0.15) is 49.0 Å². The van der Waals surface area contributed by atoms with E-state index in [1.165, 1.54) is 5.56 Å². The van der Waals surface area contributed by atoms with Gasteiger partial charge in [0.15, 0.2) is 0 Å². The molecule has 4 atom stereocenters. The molecule has 0 radical (unpaired) electrons. The number of hydrogen-bond donors (Lipinski definition) is 2. The molecule has 2 fully saturated rings.